The van der Waals surface area contributed by atoms with E-state index in [0.29, 0.717) is 11.7 Å². The van der Waals surface area contributed by atoms with Crippen LogP contribution >= 0.6 is 0 Å². The average Bonchev–Trinajstić information content (AvgIpc) is 2.19. The second-order valence-electron chi connectivity index (χ2n) is 4.87. The van der Waals surface area contributed by atoms with Crippen molar-refractivity contribution in [2.24, 2.45) is 5.92 Å². The van der Waals surface area contributed by atoms with Gasteiger partial charge in [0.1, 0.15) is 5.75 Å². The van der Waals surface area contributed by atoms with E-state index in [9.17, 15) is 8.42 Å². The second-order valence-corrected chi connectivity index (χ2v) is 6.96. The van der Waals surface area contributed by atoms with Crippen LogP contribution in [0, 0.1) is 5.92 Å². The third kappa shape index (κ3) is 4.38. The van der Waals surface area contributed by atoms with Crippen molar-refractivity contribution in [1.29, 1.82) is 0 Å². The molecule has 1 aromatic carbocycles. The molecule has 0 saturated heterocycles. The molecule has 0 aliphatic rings. The normalized spacial score (nSPS) is 12.1. The summed E-state index contributed by atoms with van der Waals surface area (Å²) in [5.41, 5.74) is 1.19. The molecule has 0 heterocycles. The van der Waals surface area contributed by atoms with Crippen LogP contribution < -0.4 is 4.18 Å². The van der Waals surface area contributed by atoms with E-state index in [1.165, 1.54) is 5.56 Å². The van der Waals surface area contributed by atoms with Crippen LogP contribution in [-0.4, -0.2) is 13.7 Å². The maximum atomic E-state index is 11.5. The molecule has 1 aromatic rings. The first-order chi connectivity index (χ1) is 7.81. The fraction of sp³-hybridized carbons (Fsp3) is 0.538. The smallest absolute Gasteiger partial charge is 0.311 e. The molecular weight excluding hydrogens is 236 g/mol. The van der Waals surface area contributed by atoms with Crippen molar-refractivity contribution in [3.8, 4) is 5.75 Å². The molecule has 0 unspecified atom stereocenters. The van der Waals surface area contributed by atoms with Gasteiger partial charge in [0, 0.05) is 0 Å². The molecule has 0 atom stereocenters. The van der Waals surface area contributed by atoms with Crippen molar-refractivity contribution >= 4 is 10.1 Å². The lowest BCUT2D eigenvalue weighted by Gasteiger charge is -2.10. The van der Waals surface area contributed by atoms with E-state index in [1.54, 1.807) is 26.0 Å². The maximum Gasteiger partial charge on any atom is 0.311 e. The number of rotatable bonds is 5. The van der Waals surface area contributed by atoms with Gasteiger partial charge in [0.25, 0.3) is 0 Å². The maximum absolute atomic E-state index is 11.5. The van der Waals surface area contributed by atoms with Gasteiger partial charge in [0.05, 0.1) is 5.25 Å². The van der Waals surface area contributed by atoms with E-state index in [2.05, 4.69) is 13.8 Å². The monoisotopic (exact) mass is 256 g/mol. The van der Waals surface area contributed by atoms with Crippen LogP contribution in [0.4, 0.5) is 0 Å². The molecule has 0 aromatic heterocycles. The van der Waals surface area contributed by atoms with Crippen molar-refractivity contribution < 1.29 is 12.6 Å². The van der Waals surface area contributed by atoms with Crippen LogP contribution in [0.15, 0.2) is 24.3 Å². The molecular formula is C13H20O3S. The van der Waals surface area contributed by atoms with E-state index in [0.717, 1.165) is 6.42 Å². The average molecular weight is 256 g/mol. The predicted molar refractivity (Wildman–Crippen MR) is 69.7 cm³/mol. The van der Waals surface area contributed by atoms with Gasteiger partial charge in [0.15, 0.2) is 0 Å². The summed E-state index contributed by atoms with van der Waals surface area (Å²) in [6.45, 7) is 7.49. The molecule has 1 rings (SSSR count). The van der Waals surface area contributed by atoms with Gasteiger partial charge in [-0.2, -0.15) is 8.42 Å². The Morgan fingerprint density at radius 2 is 1.59 bits per heavy atom. The predicted octanol–water partition coefficient (Wildman–Crippen LogP) is 3.00. The molecule has 3 nitrogen and oxygen atoms in total. The molecule has 0 bridgehead atoms. The van der Waals surface area contributed by atoms with Crippen LogP contribution in [0.25, 0.3) is 0 Å². The Hall–Kier alpha value is -1.03. The molecule has 96 valence electrons. The zero-order valence-electron chi connectivity index (χ0n) is 10.8. The van der Waals surface area contributed by atoms with E-state index < -0.39 is 15.4 Å². The lowest BCUT2D eigenvalue weighted by atomic mass is 10.0. The van der Waals surface area contributed by atoms with Crippen molar-refractivity contribution in [1.82, 2.24) is 0 Å². The van der Waals surface area contributed by atoms with E-state index in [-0.39, 0.29) is 0 Å². The highest BCUT2D eigenvalue weighted by atomic mass is 32.2. The lowest BCUT2D eigenvalue weighted by Crippen LogP contribution is -2.19. The van der Waals surface area contributed by atoms with Crippen molar-refractivity contribution in [2.75, 3.05) is 0 Å². The fourth-order valence-corrected chi connectivity index (χ4v) is 1.95. The molecule has 0 aliphatic heterocycles. The standard InChI is InChI=1S/C13H20O3S/c1-10(2)9-12-5-7-13(8-6-12)16-17(14,15)11(3)4/h5-8,10-11H,9H2,1-4H3. The Bertz CT molecular complexity index is 444. The fourth-order valence-electron chi connectivity index (χ4n) is 1.38. The summed E-state index contributed by atoms with van der Waals surface area (Å²) in [7, 11) is -3.49. The van der Waals surface area contributed by atoms with E-state index in [1.807, 2.05) is 12.1 Å². The Morgan fingerprint density at radius 1 is 1.06 bits per heavy atom. The highest BCUT2D eigenvalue weighted by molar-refractivity contribution is 7.87. The molecule has 17 heavy (non-hydrogen) atoms. The topological polar surface area (TPSA) is 43.4 Å². The van der Waals surface area contributed by atoms with Gasteiger partial charge in [-0.3, -0.25) is 0 Å². The minimum Gasteiger partial charge on any atom is -0.382 e. The van der Waals surface area contributed by atoms with Gasteiger partial charge in [-0.05, 0) is 43.9 Å². The third-order valence-corrected chi connectivity index (χ3v) is 3.94. The summed E-state index contributed by atoms with van der Waals surface area (Å²) in [5, 5.41) is -0.530. The first-order valence-electron chi connectivity index (χ1n) is 5.83. The van der Waals surface area contributed by atoms with Gasteiger partial charge in [-0.25, -0.2) is 0 Å². The Kier molecular flexibility index (Phi) is 4.57. The summed E-state index contributed by atoms with van der Waals surface area (Å²) in [6.07, 6.45) is 0.983. The summed E-state index contributed by atoms with van der Waals surface area (Å²) in [4.78, 5) is 0. The Morgan fingerprint density at radius 3 is 2.00 bits per heavy atom. The zero-order valence-corrected chi connectivity index (χ0v) is 11.6. The van der Waals surface area contributed by atoms with Gasteiger partial charge < -0.3 is 4.18 Å². The molecule has 0 radical (unpaired) electrons. The molecule has 0 N–H and O–H groups in total. The second kappa shape index (κ2) is 5.54. The van der Waals surface area contributed by atoms with Crippen LogP contribution in [0.1, 0.15) is 33.3 Å². The minimum absolute atomic E-state index is 0.381. The molecule has 0 amide bonds. The highest BCUT2D eigenvalue weighted by Gasteiger charge is 2.17. The Labute approximate surface area is 104 Å². The van der Waals surface area contributed by atoms with E-state index in [4.69, 9.17) is 4.18 Å². The van der Waals surface area contributed by atoms with Crippen molar-refractivity contribution in [2.45, 2.75) is 39.4 Å². The van der Waals surface area contributed by atoms with Gasteiger partial charge in [-0.1, -0.05) is 26.0 Å². The third-order valence-electron chi connectivity index (χ3n) is 2.36. The van der Waals surface area contributed by atoms with Crippen LogP contribution in [0.2, 0.25) is 0 Å². The lowest BCUT2D eigenvalue weighted by molar-refractivity contribution is 0.477. The van der Waals surface area contributed by atoms with Gasteiger partial charge >= 0.3 is 10.1 Å². The van der Waals surface area contributed by atoms with Crippen molar-refractivity contribution in [3.05, 3.63) is 29.8 Å². The molecule has 0 saturated carbocycles. The van der Waals surface area contributed by atoms with Crippen LogP contribution in [-0.2, 0) is 16.5 Å². The molecule has 0 aliphatic carbocycles. The van der Waals surface area contributed by atoms with Crippen molar-refractivity contribution in [3.63, 3.8) is 0 Å². The van der Waals surface area contributed by atoms with Gasteiger partial charge in [0.2, 0.25) is 0 Å². The molecule has 0 fully saturated rings. The first kappa shape index (κ1) is 14.0. The minimum atomic E-state index is -3.49. The summed E-state index contributed by atoms with van der Waals surface area (Å²) < 4.78 is 28.1. The number of benzene rings is 1. The largest absolute Gasteiger partial charge is 0.382 e. The highest BCUT2D eigenvalue weighted by Crippen LogP contribution is 2.18. The molecule has 4 heteroatoms. The Balaban J connectivity index is 2.76. The summed E-state index contributed by atoms with van der Waals surface area (Å²) in [5.74, 6) is 0.965. The summed E-state index contributed by atoms with van der Waals surface area (Å²) in [6, 6.07) is 7.23. The molecule has 0 spiro atoms. The summed E-state index contributed by atoms with van der Waals surface area (Å²) >= 11 is 0. The quantitative estimate of drug-likeness (QED) is 0.761. The van der Waals surface area contributed by atoms with Crippen LogP contribution in [0.5, 0.6) is 5.75 Å². The van der Waals surface area contributed by atoms with Gasteiger partial charge in [-0.15, -0.1) is 0 Å². The number of hydrogen-bond donors (Lipinski definition) is 0. The van der Waals surface area contributed by atoms with Crippen LogP contribution in [0.3, 0.4) is 0 Å². The first-order valence-corrected chi connectivity index (χ1v) is 7.30. The zero-order chi connectivity index (χ0) is 13.1. The van der Waals surface area contributed by atoms with E-state index >= 15 is 0 Å². The number of hydrogen-bond acceptors (Lipinski definition) is 3. The SMILES string of the molecule is CC(C)Cc1ccc(OS(=O)(=O)C(C)C)cc1.